The van der Waals surface area contributed by atoms with Crippen molar-refractivity contribution in [2.75, 3.05) is 19.6 Å². The van der Waals surface area contributed by atoms with Crippen LogP contribution in [0.25, 0.3) is 10.9 Å². The van der Waals surface area contributed by atoms with Gasteiger partial charge in [-0.05, 0) is 69.4 Å². The van der Waals surface area contributed by atoms with Gasteiger partial charge in [0, 0.05) is 50.1 Å². The molecule has 0 spiro atoms. The van der Waals surface area contributed by atoms with Gasteiger partial charge in [0.2, 0.25) is 41.4 Å². The lowest BCUT2D eigenvalue weighted by Gasteiger charge is -2.32. The van der Waals surface area contributed by atoms with Gasteiger partial charge in [-0.2, -0.15) is 0 Å². The van der Waals surface area contributed by atoms with Gasteiger partial charge in [0.05, 0.1) is 0 Å². The highest BCUT2D eigenvalue weighted by Crippen LogP contribution is 2.28. The quantitative estimate of drug-likeness (QED) is 0.0844. The van der Waals surface area contributed by atoms with Gasteiger partial charge < -0.3 is 53.3 Å². The standard InChI is InChI=1S/C41H61N11O7/c1-24(47-25(2)53)35(54)49-31-16-9-18-44-36(55)30(15-8-19-45-41(42)43)48-38(57)33(22-27-23-46-29-14-7-6-13-28(27)29)50-37(56)32(21-26-11-4-3-5-12-26)51-39(58)34-17-10-20-52(34)40(31)59/h6-7,13-14,23-24,26,30-34,46H,3-5,8-12,15-22H2,1-2H3,(H,44,55)(H,47,53)(H,48,57)(H,49,54)(H,50,56)(H,51,58)(H4,42,43,45)/t24-,30-,31-,32+,33-,34-/m0/s1. The van der Waals surface area contributed by atoms with E-state index in [2.05, 4.69) is 41.9 Å². The van der Waals surface area contributed by atoms with E-state index < -0.39 is 77.6 Å². The van der Waals surface area contributed by atoms with Crippen LogP contribution in [0.5, 0.6) is 0 Å². The number of para-hydroxylation sites is 1. The summed E-state index contributed by atoms with van der Waals surface area (Å²) in [7, 11) is 0. The molecular formula is C41H61N11O7. The van der Waals surface area contributed by atoms with E-state index in [0.29, 0.717) is 25.7 Å². The van der Waals surface area contributed by atoms with Crippen molar-refractivity contribution in [1.82, 2.24) is 41.8 Å². The first-order valence-corrected chi connectivity index (χ1v) is 21.0. The van der Waals surface area contributed by atoms with Crippen LogP contribution >= 0.6 is 0 Å². The molecule has 59 heavy (non-hydrogen) atoms. The van der Waals surface area contributed by atoms with Gasteiger partial charge in [-0.15, -0.1) is 0 Å². The highest BCUT2D eigenvalue weighted by molar-refractivity contribution is 5.97. The monoisotopic (exact) mass is 819 g/mol. The summed E-state index contributed by atoms with van der Waals surface area (Å²) >= 11 is 0. The first kappa shape index (κ1) is 44.4. The van der Waals surface area contributed by atoms with Gasteiger partial charge >= 0.3 is 0 Å². The molecule has 3 aliphatic rings. The fraction of sp³-hybridized carbons (Fsp3) is 0.610. The zero-order chi connectivity index (χ0) is 42.5. The van der Waals surface area contributed by atoms with Crippen LogP contribution < -0.4 is 43.4 Å². The number of benzene rings is 1. The van der Waals surface area contributed by atoms with Crippen molar-refractivity contribution in [3.63, 3.8) is 0 Å². The number of aromatic nitrogens is 1. The van der Waals surface area contributed by atoms with Crippen LogP contribution in [-0.2, 0) is 40.0 Å². The van der Waals surface area contributed by atoms with Crippen molar-refractivity contribution < 1.29 is 33.6 Å². The van der Waals surface area contributed by atoms with Crippen molar-refractivity contribution in [2.24, 2.45) is 22.4 Å². The Kier molecular flexibility index (Phi) is 16.1. The predicted octanol–water partition coefficient (Wildman–Crippen LogP) is 0.0992. The fourth-order valence-corrected chi connectivity index (χ4v) is 8.37. The molecule has 2 saturated heterocycles. The number of carbonyl (C=O) groups is 7. The Labute approximate surface area is 344 Å². The summed E-state index contributed by atoms with van der Waals surface area (Å²) in [6.45, 7) is 3.33. The van der Waals surface area contributed by atoms with Gasteiger partial charge in [0.25, 0.3) is 0 Å². The molecule has 1 aromatic carbocycles. The molecule has 322 valence electrons. The van der Waals surface area contributed by atoms with E-state index in [1.807, 2.05) is 24.3 Å². The Balaban J connectivity index is 1.48. The van der Waals surface area contributed by atoms with E-state index >= 15 is 0 Å². The van der Waals surface area contributed by atoms with Crippen LogP contribution in [0.15, 0.2) is 35.5 Å². The number of hydrogen-bond donors (Lipinski definition) is 9. The number of guanidine groups is 1. The third kappa shape index (κ3) is 12.7. The van der Waals surface area contributed by atoms with E-state index in [1.54, 1.807) is 6.20 Å². The van der Waals surface area contributed by atoms with E-state index in [-0.39, 0.29) is 57.2 Å². The van der Waals surface area contributed by atoms with Crippen LogP contribution in [0.3, 0.4) is 0 Å². The maximum Gasteiger partial charge on any atom is 0.245 e. The van der Waals surface area contributed by atoms with E-state index in [4.69, 9.17) is 11.5 Å². The molecule has 18 nitrogen and oxygen atoms in total. The number of nitrogens with two attached hydrogens (primary N) is 2. The number of amides is 7. The van der Waals surface area contributed by atoms with Crippen molar-refractivity contribution in [3.05, 3.63) is 36.0 Å². The zero-order valence-electron chi connectivity index (χ0n) is 34.1. The molecule has 1 saturated carbocycles. The van der Waals surface area contributed by atoms with Crippen LogP contribution in [0.4, 0.5) is 0 Å². The summed E-state index contributed by atoms with van der Waals surface area (Å²) in [5.41, 5.74) is 12.7. The Morgan fingerprint density at radius 2 is 1.58 bits per heavy atom. The topological polar surface area (TPSA) is 275 Å². The van der Waals surface area contributed by atoms with Gasteiger partial charge in [0.1, 0.15) is 36.3 Å². The molecule has 6 atom stereocenters. The van der Waals surface area contributed by atoms with Crippen molar-refractivity contribution in [3.8, 4) is 0 Å². The average molecular weight is 820 g/mol. The van der Waals surface area contributed by atoms with Gasteiger partial charge in [-0.3, -0.25) is 38.6 Å². The minimum atomic E-state index is -1.13. The highest BCUT2D eigenvalue weighted by Gasteiger charge is 2.40. The predicted molar refractivity (Wildman–Crippen MR) is 221 cm³/mol. The van der Waals surface area contributed by atoms with Crippen LogP contribution in [-0.4, -0.2) is 113 Å². The zero-order valence-corrected chi connectivity index (χ0v) is 34.1. The lowest BCUT2D eigenvalue weighted by Crippen LogP contribution is -2.60. The number of nitrogens with one attached hydrogen (secondary N) is 7. The highest BCUT2D eigenvalue weighted by atomic mass is 16.2. The van der Waals surface area contributed by atoms with Gasteiger partial charge in [-0.1, -0.05) is 50.3 Å². The molecule has 7 amide bonds. The summed E-state index contributed by atoms with van der Waals surface area (Å²) in [5, 5.41) is 17.8. The molecule has 3 heterocycles. The smallest absolute Gasteiger partial charge is 0.245 e. The Morgan fingerprint density at radius 1 is 0.864 bits per heavy atom. The minimum absolute atomic E-state index is 0.0856. The van der Waals surface area contributed by atoms with E-state index in [0.717, 1.165) is 48.6 Å². The largest absolute Gasteiger partial charge is 0.370 e. The second kappa shape index (κ2) is 21.4. The third-order valence-electron chi connectivity index (χ3n) is 11.5. The SMILES string of the molecule is CC(=O)N[C@@H](C)C(=O)N[C@H]1CCCNC(=O)[C@H](CCCN=C(N)N)NC(=O)[C@H](Cc2c[nH]c3ccccc23)NC(=O)[C@@H](CC2CCCCC2)NC(=O)[C@@H]2CCCN2C1=O. The van der Waals surface area contributed by atoms with Gasteiger partial charge in [0.15, 0.2) is 5.96 Å². The summed E-state index contributed by atoms with van der Waals surface area (Å²) in [4.78, 5) is 105. The molecular weight excluding hydrogens is 759 g/mol. The fourth-order valence-electron chi connectivity index (χ4n) is 8.37. The third-order valence-corrected chi connectivity index (χ3v) is 11.5. The number of aliphatic imine (C=N–C) groups is 1. The molecule has 2 aliphatic heterocycles. The summed E-state index contributed by atoms with van der Waals surface area (Å²) in [5.74, 6) is -3.55. The number of rotatable bonds is 11. The minimum Gasteiger partial charge on any atom is -0.370 e. The van der Waals surface area contributed by atoms with Crippen molar-refractivity contribution in [2.45, 2.75) is 134 Å². The molecule has 0 radical (unpaired) electrons. The second-order valence-electron chi connectivity index (χ2n) is 16.0. The van der Waals surface area contributed by atoms with Crippen molar-refractivity contribution in [1.29, 1.82) is 0 Å². The maximum absolute atomic E-state index is 14.5. The van der Waals surface area contributed by atoms with Crippen molar-refractivity contribution >= 4 is 58.2 Å². The second-order valence-corrected chi connectivity index (χ2v) is 16.0. The number of aromatic amines is 1. The first-order chi connectivity index (χ1) is 28.3. The van der Waals surface area contributed by atoms with Crippen LogP contribution in [0, 0.1) is 5.92 Å². The number of carbonyl (C=O) groups excluding carboxylic acids is 7. The molecule has 5 rings (SSSR count). The molecule has 1 aliphatic carbocycles. The van der Waals surface area contributed by atoms with Crippen LogP contribution in [0.1, 0.15) is 96.5 Å². The van der Waals surface area contributed by atoms with E-state index in [1.165, 1.54) is 18.7 Å². The molecule has 1 aromatic heterocycles. The lowest BCUT2D eigenvalue weighted by atomic mass is 9.84. The Bertz CT molecular complexity index is 1850. The molecule has 0 unspecified atom stereocenters. The normalized spacial score (nSPS) is 24.7. The maximum atomic E-state index is 14.5. The summed E-state index contributed by atoms with van der Waals surface area (Å²) < 4.78 is 0. The lowest BCUT2D eigenvalue weighted by molar-refractivity contribution is -0.142. The molecule has 11 N–H and O–H groups in total. The number of fused-ring (bicyclic) bond motifs is 2. The molecule has 3 fully saturated rings. The van der Waals surface area contributed by atoms with Crippen LogP contribution in [0.2, 0.25) is 0 Å². The molecule has 2 aromatic rings. The Morgan fingerprint density at radius 3 is 2.32 bits per heavy atom. The van der Waals surface area contributed by atoms with Gasteiger partial charge in [-0.25, -0.2) is 0 Å². The average Bonchev–Trinajstić information content (AvgIpc) is 3.87. The summed E-state index contributed by atoms with van der Waals surface area (Å²) in [6, 6.07) is 1.49. The molecule has 18 heteroatoms. The number of nitrogens with zero attached hydrogens (tertiary/aromatic N) is 2. The number of H-pyrrole nitrogens is 1. The number of hydrogen-bond acceptors (Lipinski definition) is 8. The molecule has 0 bridgehead atoms. The first-order valence-electron chi connectivity index (χ1n) is 21.0. The Hall–Kier alpha value is -5.68. The van der Waals surface area contributed by atoms with E-state index in [9.17, 15) is 33.6 Å². The summed E-state index contributed by atoms with van der Waals surface area (Å²) in [6.07, 6.45) is 8.84.